The summed E-state index contributed by atoms with van der Waals surface area (Å²) >= 11 is 1.45. The third-order valence-electron chi connectivity index (χ3n) is 5.88. The summed E-state index contributed by atoms with van der Waals surface area (Å²) in [4.78, 5) is 12.5. The first-order valence-corrected chi connectivity index (χ1v) is 11.3. The summed E-state index contributed by atoms with van der Waals surface area (Å²) in [6, 6.07) is 8.25. The second kappa shape index (κ2) is 8.55. The Morgan fingerprint density at radius 3 is 2.82 bits per heavy atom. The lowest BCUT2D eigenvalue weighted by molar-refractivity contribution is -0.119. The largest absolute Gasteiger partial charge is 0.493 e. The predicted molar refractivity (Wildman–Crippen MR) is 110 cm³/mol. The quantitative estimate of drug-likeness (QED) is 0.683. The van der Waals surface area contributed by atoms with Crippen LogP contribution >= 0.6 is 11.8 Å². The molecule has 0 unspecified atom stereocenters. The van der Waals surface area contributed by atoms with Crippen LogP contribution in [0.2, 0.25) is 0 Å². The molecule has 6 nitrogen and oxygen atoms in total. The Labute approximate surface area is 170 Å². The summed E-state index contributed by atoms with van der Waals surface area (Å²) in [6.07, 6.45) is 5.07. The van der Waals surface area contributed by atoms with Gasteiger partial charge in [-0.25, -0.2) is 0 Å². The topological polar surface area (TPSA) is 69.0 Å². The fourth-order valence-corrected chi connectivity index (χ4v) is 5.43. The minimum atomic E-state index is 0.101. The predicted octanol–water partition coefficient (Wildman–Crippen LogP) is 3.76. The number of ether oxygens (including phenoxy) is 1. The van der Waals surface area contributed by atoms with Gasteiger partial charge in [0.05, 0.1) is 17.9 Å². The van der Waals surface area contributed by atoms with E-state index < -0.39 is 0 Å². The number of benzene rings is 1. The zero-order valence-electron chi connectivity index (χ0n) is 16.6. The van der Waals surface area contributed by atoms with Gasteiger partial charge in [0.1, 0.15) is 5.75 Å². The summed E-state index contributed by atoms with van der Waals surface area (Å²) in [5.41, 5.74) is 0.928. The van der Waals surface area contributed by atoms with E-state index in [1.54, 1.807) is 0 Å². The molecule has 1 heterocycles. The number of hydrogen-bond donors (Lipinski definition) is 1. The third kappa shape index (κ3) is 3.90. The molecule has 0 radical (unpaired) electrons. The van der Waals surface area contributed by atoms with Gasteiger partial charge in [-0.1, -0.05) is 30.3 Å². The van der Waals surface area contributed by atoms with Crippen molar-refractivity contribution in [1.82, 2.24) is 20.1 Å². The summed E-state index contributed by atoms with van der Waals surface area (Å²) in [5.74, 6) is 3.59. The summed E-state index contributed by atoms with van der Waals surface area (Å²) in [6.45, 7) is 5.37. The van der Waals surface area contributed by atoms with Crippen LogP contribution in [0.5, 0.6) is 5.75 Å². The highest BCUT2D eigenvalue weighted by molar-refractivity contribution is 7.99. The molecular weight excluding hydrogens is 372 g/mol. The first kappa shape index (κ1) is 19.3. The minimum Gasteiger partial charge on any atom is -0.493 e. The van der Waals surface area contributed by atoms with Crippen molar-refractivity contribution in [2.45, 2.75) is 57.3 Å². The second-order valence-corrected chi connectivity index (χ2v) is 8.56. The van der Waals surface area contributed by atoms with Crippen LogP contribution in [0, 0.1) is 11.8 Å². The number of nitrogens with one attached hydrogen (secondary N) is 1. The van der Waals surface area contributed by atoms with Crippen molar-refractivity contribution in [2.24, 2.45) is 11.8 Å². The lowest BCUT2D eigenvalue weighted by atomic mass is 9.95. The van der Waals surface area contributed by atoms with Gasteiger partial charge >= 0.3 is 0 Å². The summed E-state index contributed by atoms with van der Waals surface area (Å²) in [7, 11) is 0. The van der Waals surface area contributed by atoms with Gasteiger partial charge < -0.3 is 14.6 Å². The highest BCUT2D eigenvalue weighted by atomic mass is 32.2. The van der Waals surface area contributed by atoms with Crippen LogP contribution in [0.25, 0.3) is 11.4 Å². The molecule has 4 rings (SSSR count). The lowest BCUT2D eigenvalue weighted by Crippen LogP contribution is -2.39. The van der Waals surface area contributed by atoms with Crippen molar-refractivity contribution < 1.29 is 9.53 Å². The maximum absolute atomic E-state index is 12.5. The molecule has 1 aromatic carbocycles. The van der Waals surface area contributed by atoms with Gasteiger partial charge in [-0.2, -0.15) is 0 Å². The van der Waals surface area contributed by atoms with Crippen molar-refractivity contribution in [1.29, 1.82) is 0 Å². The normalized spacial score (nSPS) is 23.1. The highest BCUT2D eigenvalue weighted by Gasteiger charge is 2.40. The number of aromatic nitrogens is 3. The first-order chi connectivity index (χ1) is 13.7. The molecule has 2 saturated carbocycles. The van der Waals surface area contributed by atoms with Crippen LogP contribution in [0.4, 0.5) is 0 Å². The van der Waals surface area contributed by atoms with E-state index in [9.17, 15) is 4.79 Å². The molecule has 1 amide bonds. The molecule has 7 heteroatoms. The van der Waals surface area contributed by atoms with Gasteiger partial charge in [-0.15, -0.1) is 10.2 Å². The number of fused-ring (bicyclic) bond motifs is 2. The molecule has 2 bridgehead atoms. The van der Waals surface area contributed by atoms with Crippen LogP contribution in [-0.4, -0.2) is 39.1 Å². The smallest absolute Gasteiger partial charge is 0.230 e. The zero-order valence-corrected chi connectivity index (χ0v) is 17.4. The van der Waals surface area contributed by atoms with E-state index in [1.165, 1.54) is 31.0 Å². The van der Waals surface area contributed by atoms with Crippen LogP contribution in [0.15, 0.2) is 29.4 Å². The second-order valence-electron chi connectivity index (χ2n) is 7.62. The average molecular weight is 401 g/mol. The van der Waals surface area contributed by atoms with E-state index in [0.717, 1.165) is 41.2 Å². The molecule has 0 aliphatic heterocycles. The van der Waals surface area contributed by atoms with Crippen molar-refractivity contribution in [2.75, 3.05) is 12.4 Å². The monoisotopic (exact) mass is 400 g/mol. The molecule has 2 aliphatic rings. The Morgan fingerprint density at radius 2 is 2.11 bits per heavy atom. The maximum atomic E-state index is 12.5. The number of carbonyl (C=O) groups is 1. The molecule has 1 N–H and O–H groups in total. The van der Waals surface area contributed by atoms with Crippen LogP contribution in [0.1, 0.15) is 39.5 Å². The molecular formula is C21H28N4O2S. The third-order valence-corrected chi connectivity index (χ3v) is 6.84. The van der Waals surface area contributed by atoms with E-state index in [-0.39, 0.29) is 5.91 Å². The van der Waals surface area contributed by atoms with E-state index in [1.807, 2.05) is 35.8 Å². The molecule has 1 aromatic heterocycles. The minimum absolute atomic E-state index is 0.101. The van der Waals surface area contributed by atoms with Crippen LogP contribution in [-0.2, 0) is 11.3 Å². The Kier molecular flexibility index (Phi) is 5.90. The molecule has 2 aromatic rings. The molecule has 0 saturated heterocycles. The van der Waals surface area contributed by atoms with E-state index in [4.69, 9.17) is 4.74 Å². The molecule has 2 aliphatic carbocycles. The number of carbonyl (C=O) groups excluding carboxylic acids is 1. The average Bonchev–Trinajstić information content (AvgIpc) is 3.42. The summed E-state index contributed by atoms with van der Waals surface area (Å²) in [5, 5.41) is 12.8. The Bertz CT molecular complexity index is 838. The van der Waals surface area contributed by atoms with Crippen LogP contribution in [0.3, 0.4) is 0 Å². The van der Waals surface area contributed by atoms with Crippen molar-refractivity contribution >= 4 is 17.7 Å². The number of rotatable bonds is 8. The van der Waals surface area contributed by atoms with Gasteiger partial charge in [0.2, 0.25) is 5.91 Å². The fraction of sp³-hybridized carbons (Fsp3) is 0.571. The Morgan fingerprint density at radius 1 is 1.25 bits per heavy atom. The van der Waals surface area contributed by atoms with Crippen LogP contribution < -0.4 is 10.1 Å². The standard InChI is InChI=1S/C21H28N4O2S/c1-3-25-20(16-7-5-6-8-18(16)27-4-2)23-24-21(25)28-13-19(26)22-17-12-14-9-10-15(17)11-14/h5-8,14-15,17H,3-4,9-13H2,1-2H3,(H,22,26)/t14-,15+,17+/m0/s1. The number of thioether (sulfide) groups is 1. The van der Waals surface area contributed by atoms with Gasteiger partial charge in [0.15, 0.2) is 11.0 Å². The molecule has 3 atom stereocenters. The number of hydrogen-bond acceptors (Lipinski definition) is 5. The highest BCUT2D eigenvalue weighted by Crippen LogP contribution is 2.44. The van der Waals surface area contributed by atoms with Gasteiger partial charge in [-0.3, -0.25) is 4.79 Å². The van der Waals surface area contributed by atoms with Gasteiger partial charge in [0, 0.05) is 12.6 Å². The summed E-state index contributed by atoms with van der Waals surface area (Å²) < 4.78 is 7.79. The SMILES string of the molecule is CCOc1ccccc1-c1nnc(SCC(=O)N[C@@H]2C[C@H]3CC[C@@H]2C3)n1CC. The first-order valence-electron chi connectivity index (χ1n) is 10.3. The maximum Gasteiger partial charge on any atom is 0.230 e. The zero-order chi connectivity index (χ0) is 19.5. The van der Waals surface area contributed by atoms with Gasteiger partial charge in [-0.05, 0) is 57.1 Å². The number of para-hydroxylation sites is 1. The fourth-order valence-electron chi connectivity index (χ4n) is 4.61. The van der Waals surface area contributed by atoms with Gasteiger partial charge in [0.25, 0.3) is 0 Å². The Hall–Kier alpha value is -2.02. The van der Waals surface area contributed by atoms with Crippen molar-refractivity contribution in [3.8, 4) is 17.1 Å². The van der Waals surface area contributed by atoms with Crippen molar-refractivity contribution in [3.05, 3.63) is 24.3 Å². The van der Waals surface area contributed by atoms with E-state index in [0.29, 0.717) is 24.3 Å². The molecule has 0 spiro atoms. The number of nitrogens with zero attached hydrogens (tertiary/aromatic N) is 3. The lowest BCUT2D eigenvalue weighted by Gasteiger charge is -2.22. The molecule has 28 heavy (non-hydrogen) atoms. The van der Waals surface area contributed by atoms with E-state index >= 15 is 0 Å². The molecule has 150 valence electrons. The Balaban J connectivity index is 1.42. The van der Waals surface area contributed by atoms with Crippen molar-refractivity contribution in [3.63, 3.8) is 0 Å². The number of amides is 1. The molecule has 2 fully saturated rings. The van der Waals surface area contributed by atoms with E-state index in [2.05, 4.69) is 22.4 Å².